The standard InChI is InChI=1S/C18H18N2O3S.BrH/c1-3-23-15-8-5-9-16-17(15)20-18(24-16)19-11-14(21)12-6-4-7-13(10-12)22-2;/h4-10H,3,11H2,1-2H3,(H,19,20);1H. The molecule has 5 nitrogen and oxygen atoms in total. The Morgan fingerprint density at radius 1 is 1.24 bits per heavy atom. The van der Waals surface area contributed by atoms with Crippen LogP contribution in [0.4, 0.5) is 5.13 Å². The van der Waals surface area contributed by atoms with Crippen molar-refractivity contribution in [3.8, 4) is 11.5 Å². The van der Waals surface area contributed by atoms with E-state index < -0.39 is 0 Å². The van der Waals surface area contributed by atoms with Gasteiger partial charge in [-0.15, -0.1) is 17.0 Å². The van der Waals surface area contributed by atoms with Crippen LogP contribution < -0.4 is 14.8 Å². The van der Waals surface area contributed by atoms with E-state index in [-0.39, 0.29) is 29.3 Å². The van der Waals surface area contributed by atoms with Gasteiger partial charge in [0.05, 0.1) is 25.0 Å². The summed E-state index contributed by atoms with van der Waals surface area (Å²) < 4.78 is 11.8. The van der Waals surface area contributed by atoms with E-state index in [1.807, 2.05) is 31.2 Å². The van der Waals surface area contributed by atoms with E-state index in [1.54, 1.807) is 25.3 Å². The molecule has 132 valence electrons. The van der Waals surface area contributed by atoms with Gasteiger partial charge < -0.3 is 14.8 Å². The maximum absolute atomic E-state index is 12.3. The van der Waals surface area contributed by atoms with E-state index in [0.717, 1.165) is 16.0 Å². The fraction of sp³-hybridized carbons (Fsp3) is 0.222. The van der Waals surface area contributed by atoms with Gasteiger partial charge in [-0.25, -0.2) is 4.98 Å². The molecule has 2 aromatic carbocycles. The van der Waals surface area contributed by atoms with Crippen LogP contribution in [0, 0.1) is 0 Å². The predicted molar refractivity (Wildman–Crippen MR) is 107 cm³/mol. The number of thiazole rings is 1. The van der Waals surface area contributed by atoms with Crippen molar-refractivity contribution >= 4 is 49.4 Å². The van der Waals surface area contributed by atoms with Gasteiger partial charge in [-0.3, -0.25) is 4.79 Å². The van der Waals surface area contributed by atoms with Crippen LogP contribution in [0.25, 0.3) is 10.2 Å². The molecular formula is C18H19BrN2O3S. The van der Waals surface area contributed by atoms with Gasteiger partial charge in [-0.1, -0.05) is 29.5 Å². The maximum Gasteiger partial charge on any atom is 0.184 e. The number of hydrogen-bond acceptors (Lipinski definition) is 6. The number of ether oxygens (including phenoxy) is 2. The Kier molecular flexibility index (Phi) is 6.78. The van der Waals surface area contributed by atoms with E-state index in [2.05, 4.69) is 10.3 Å². The summed E-state index contributed by atoms with van der Waals surface area (Å²) in [5, 5.41) is 3.80. The average Bonchev–Trinajstić information content (AvgIpc) is 3.04. The molecule has 7 heteroatoms. The normalized spacial score (nSPS) is 10.2. The van der Waals surface area contributed by atoms with Crippen LogP contribution in [0.2, 0.25) is 0 Å². The van der Waals surface area contributed by atoms with Crippen molar-refractivity contribution in [2.24, 2.45) is 0 Å². The molecule has 0 radical (unpaired) electrons. The predicted octanol–water partition coefficient (Wildman–Crippen LogP) is 4.58. The molecule has 1 heterocycles. The van der Waals surface area contributed by atoms with Gasteiger partial charge in [-0.05, 0) is 31.2 Å². The Morgan fingerprint density at radius 3 is 2.80 bits per heavy atom. The second kappa shape index (κ2) is 8.82. The fourth-order valence-electron chi connectivity index (χ4n) is 2.33. The third-order valence-electron chi connectivity index (χ3n) is 3.47. The minimum atomic E-state index is -0.0156. The zero-order valence-corrected chi connectivity index (χ0v) is 16.5. The summed E-state index contributed by atoms with van der Waals surface area (Å²) >= 11 is 1.50. The van der Waals surface area contributed by atoms with Gasteiger partial charge in [0.15, 0.2) is 10.9 Å². The molecule has 0 aliphatic heterocycles. The number of ketones is 1. The third kappa shape index (κ3) is 4.49. The molecule has 0 saturated heterocycles. The lowest BCUT2D eigenvalue weighted by Crippen LogP contribution is -2.13. The van der Waals surface area contributed by atoms with Crippen LogP contribution in [0.5, 0.6) is 11.5 Å². The lowest BCUT2D eigenvalue weighted by Gasteiger charge is -2.04. The summed E-state index contributed by atoms with van der Waals surface area (Å²) in [5.74, 6) is 1.42. The first-order chi connectivity index (χ1) is 11.7. The molecule has 1 aromatic heterocycles. The van der Waals surface area contributed by atoms with Crippen molar-refractivity contribution in [3.63, 3.8) is 0 Å². The summed E-state index contributed by atoms with van der Waals surface area (Å²) in [6, 6.07) is 13.0. The summed E-state index contributed by atoms with van der Waals surface area (Å²) in [5.41, 5.74) is 1.43. The van der Waals surface area contributed by atoms with Gasteiger partial charge in [0.2, 0.25) is 0 Å². The molecule has 0 atom stereocenters. The number of hydrogen-bond donors (Lipinski definition) is 1. The molecule has 0 amide bonds. The van der Waals surface area contributed by atoms with Crippen LogP contribution in [-0.2, 0) is 0 Å². The smallest absolute Gasteiger partial charge is 0.184 e. The first-order valence-corrected chi connectivity index (χ1v) is 8.46. The monoisotopic (exact) mass is 422 g/mol. The number of aromatic nitrogens is 1. The average molecular weight is 423 g/mol. The second-order valence-electron chi connectivity index (χ2n) is 5.06. The Hall–Kier alpha value is -2.12. The maximum atomic E-state index is 12.3. The zero-order chi connectivity index (χ0) is 16.9. The highest BCUT2D eigenvalue weighted by Crippen LogP contribution is 2.32. The molecule has 0 bridgehead atoms. The third-order valence-corrected chi connectivity index (χ3v) is 4.45. The molecule has 3 aromatic rings. The molecule has 0 unspecified atom stereocenters. The number of fused-ring (bicyclic) bond motifs is 1. The highest BCUT2D eigenvalue weighted by atomic mass is 79.9. The fourth-order valence-corrected chi connectivity index (χ4v) is 3.20. The van der Waals surface area contributed by atoms with Crippen molar-refractivity contribution in [2.45, 2.75) is 6.92 Å². The summed E-state index contributed by atoms with van der Waals surface area (Å²) in [7, 11) is 1.58. The van der Waals surface area contributed by atoms with E-state index in [1.165, 1.54) is 11.3 Å². The number of halogens is 1. The largest absolute Gasteiger partial charge is 0.497 e. The molecule has 0 spiro atoms. The van der Waals surface area contributed by atoms with Gasteiger partial charge in [-0.2, -0.15) is 0 Å². The number of methoxy groups -OCH3 is 1. The van der Waals surface area contributed by atoms with E-state index in [0.29, 0.717) is 23.1 Å². The Morgan fingerprint density at radius 2 is 2.04 bits per heavy atom. The Labute approximate surface area is 160 Å². The first-order valence-electron chi connectivity index (χ1n) is 7.64. The number of nitrogens with zero attached hydrogens (tertiary/aromatic N) is 1. The zero-order valence-electron chi connectivity index (χ0n) is 13.9. The van der Waals surface area contributed by atoms with Crippen molar-refractivity contribution in [3.05, 3.63) is 48.0 Å². The highest BCUT2D eigenvalue weighted by molar-refractivity contribution is 8.93. The first kappa shape index (κ1) is 19.2. The van der Waals surface area contributed by atoms with Crippen LogP contribution in [0.1, 0.15) is 17.3 Å². The van der Waals surface area contributed by atoms with Gasteiger partial charge in [0, 0.05) is 5.56 Å². The number of benzene rings is 2. The Bertz CT molecular complexity index is 866. The lowest BCUT2D eigenvalue weighted by molar-refractivity contribution is 0.101. The van der Waals surface area contributed by atoms with Crippen molar-refractivity contribution in [2.75, 3.05) is 25.6 Å². The van der Waals surface area contributed by atoms with Crippen LogP contribution in [0.3, 0.4) is 0 Å². The summed E-state index contributed by atoms with van der Waals surface area (Å²) in [6.07, 6.45) is 0. The van der Waals surface area contributed by atoms with Crippen molar-refractivity contribution in [1.29, 1.82) is 0 Å². The van der Waals surface area contributed by atoms with Crippen LogP contribution in [0.15, 0.2) is 42.5 Å². The van der Waals surface area contributed by atoms with Crippen molar-refractivity contribution < 1.29 is 14.3 Å². The van der Waals surface area contributed by atoms with E-state index >= 15 is 0 Å². The molecule has 25 heavy (non-hydrogen) atoms. The molecular weight excluding hydrogens is 404 g/mol. The molecule has 1 N–H and O–H groups in total. The number of Topliss-reactive ketones (excluding diaryl/α,β-unsaturated/α-hetero) is 1. The number of carbonyl (C=O) groups is 1. The van der Waals surface area contributed by atoms with Crippen LogP contribution >= 0.6 is 28.3 Å². The number of para-hydroxylation sites is 1. The van der Waals surface area contributed by atoms with Crippen LogP contribution in [-0.4, -0.2) is 31.0 Å². The quantitative estimate of drug-likeness (QED) is 0.564. The highest BCUT2D eigenvalue weighted by Gasteiger charge is 2.11. The second-order valence-corrected chi connectivity index (χ2v) is 6.09. The number of carbonyl (C=O) groups excluding carboxylic acids is 1. The summed E-state index contributed by atoms with van der Waals surface area (Å²) in [6.45, 7) is 2.71. The number of rotatable bonds is 7. The minimum Gasteiger partial charge on any atom is -0.497 e. The molecule has 0 aliphatic carbocycles. The molecule has 0 saturated carbocycles. The van der Waals surface area contributed by atoms with Gasteiger partial charge in [0.1, 0.15) is 17.0 Å². The number of anilines is 1. The molecule has 0 fully saturated rings. The van der Waals surface area contributed by atoms with Gasteiger partial charge >= 0.3 is 0 Å². The van der Waals surface area contributed by atoms with Gasteiger partial charge in [0.25, 0.3) is 0 Å². The number of nitrogens with one attached hydrogen (secondary N) is 1. The van der Waals surface area contributed by atoms with E-state index in [9.17, 15) is 4.79 Å². The Balaban J connectivity index is 0.00000225. The lowest BCUT2D eigenvalue weighted by atomic mass is 10.1. The topological polar surface area (TPSA) is 60.5 Å². The summed E-state index contributed by atoms with van der Waals surface area (Å²) in [4.78, 5) is 16.8. The SMILES string of the molecule is Br.CCOc1cccc2sc(NCC(=O)c3cccc(OC)c3)nc12. The minimum absolute atomic E-state index is 0. The molecule has 3 rings (SSSR count). The van der Waals surface area contributed by atoms with Crippen molar-refractivity contribution in [1.82, 2.24) is 4.98 Å². The molecule has 0 aliphatic rings. The van der Waals surface area contributed by atoms with E-state index in [4.69, 9.17) is 9.47 Å².